The number of ether oxygens (including phenoxy) is 1. The van der Waals surface area contributed by atoms with E-state index in [2.05, 4.69) is 15.5 Å². The van der Waals surface area contributed by atoms with Crippen molar-refractivity contribution in [2.24, 2.45) is 0 Å². The largest absolute Gasteiger partial charge is 0.455 e. The van der Waals surface area contributed by atoms with Crippen LogP contribution in [-0.4, -0.2) is 48.3 Å². The third-order valence-electron chi connectivity index (χ3n) is 4.34. The van der Waals surface area contributed by atoms with Crippen molar-refractivity contribution < 1.29 is 14.6 Å². The number of aliphatic hydroxyl groups is 1. The standard InChI is InChI=1S/C19H23N3O3/c1-22-12-14(11-15(22)13-23)20-19(24)21-17-9-5-6-10-18(17)25-16-7-3-2-4-8-16/h2-10,14-15,23H,11-13H2,1H3,(H2,20,21,24)/t14-,15+/m1/s1. The van der Waals surface area contributed by atoms with Crippen LogP contribution in [0.5, 0.6) is 11.5 Å². The number of amides is 2. The fourth-order valence-electron chi connectivity index (χ4n) is 3.02. The van der Waals surface area contributed by atoms with Crippen molar-refractivity contribution in [2.75, 3.05) is 25.5 Å². The molecule has 2 amide bonds. The Balaban J connectivity index is 1.62. The number of nitrogens with zero attached hydrogens (tertiary/aromatic N) is 1. The van der Waals surface area contributed by atoms with Crippen molar-refractivity contribution in [3.05, 3.63) is 54.6 Å². The van der Waals surface area contributed by atoms with Crippen LogP contribution in [-0.2, 0) is 0 Å². The van der Waals surface area contributed by atoms with Gasteiger partial charge in [0.05, 0.1) is 12.3 Å². The second kappa shape index (κ2) is 8.00. The highest BCUT2D eigenvalue weighted by molar-refractivity contribution is 5.91. The lowest BCUT2D eigenvalue weighted by atomic mass is 10.2. The molecular weight excluding hydrogens is 318 g/mol. The van der Waals surface area contributed by atoms with Gasteiger partial charge in [-0.25, -0.2) is 4.79 Å². The first-order valence-electron chi connectivity index (χ1n) is 8.36. The van der Waals surface area contributed by atoms with E-state index in [1.165, 1.54) is 0 Å². The monoisotopic (exact) mass is 341 g/mol. The molecule has 6 nitrogen and oxygen atoms in total. The molecule has 0 aliphatic carbocycles. The maximum atomic E-state index is 12.3. The summed E-state index contributed by atoms with van der Waals surface area (Å²) < 4.78 is 5.85. The third-order valence-corrected chi connectivity index (χ3v) is 4.34. The normalized spacial score (nSPS) is 20.2. The average molecular weight is 341 g/mol. The molecule has 2 atom stereocenters. The highest BCUT2D eigenvalue weighted by Gasteiger charge is 2.29. The molecule has 0 radical (unpaired) electrons. The summed E-state index contributed by atoms with van der Waals surface area (Å²) in [6.45, 7) is 0.824. The van der Waals surface area contributed by atoms with E-state index in [-0.39, 0.29) is 24.7 Å². The fourth-order valence-corrected chi connectivity index (χ4v) is 3.02. The first kappa shape index (κ1) is 17.3. The number of rotatable bonds is 5. The summed E-state index contributed by atoms with van der Waals surface area (Å²) >= 11 is 0. The van der Waals surface area contributed by atoms with E-state index in [9.17, 15) is 9.90 Å². The van der Waals surface area contributed by atoms with Crippen LogP contribution in [0.1, 0.15) is 6.42 Å². The fraction of sp³-hybridized carbons (Fsp3) is 0.316. The predicted octanol–water partition coefficient (Wildman–Crippen LogP) is 2.67. The average Bonchev–Trinajstić information content (AvgIpc) is 2.97. The topological polar surface area (TPSA) is 73.8 Å². The summed E-state index contributed by atoms with van der Waals surface area (Å²) in [6.07, 6.45) is 0.739. The Hall–Kier alpha value is -2.57. The molecule has 1 saturated heterocycles. The molecule has 3 rings (SSSR count). The van der Waals surface area contributed by atoms with E-state index in [1.807, 2.05) is 55.6 Å². The van der Waals surface area contributed by atoms with E-state index >= 15 is 0 Å². The van der Waals surface area contributed by atoms with Crippen LogP contribution in [0.4, 0.5) is 10.5 Å². The van der Waals surface area contributed by atoms with Crippen LogP contribution >= 0.6 is 0 Å². The summed E-state index contributed by atoms with van der Waals surface area (Å²) in [5.74, 6) is 1.29. The van der Waals surface area contributed by atoms with Gasteiger partial charge in [-0.3, -0.25) is 4.90 Å². The molecular formula is C19H23N3O3. The van der Waals surface area contributed by atoms with Crippen molar-refractivity contribution in [2.45, 2.75) is 18.5 Å². The quantitative estimate of drug-likeness (QED) is 0.782. The summed E-state index contributed by atoms with van der Waals surface area (Å²) in [7, 11) is 1.95. The lowest BCUT2D eigenvalue weighted by Gasteiger charge is -2.16. The molecule has 25 heavy (non-hydrogen) atoms. The minimum absolute atomic E-state index is 0.0179. The number of aliphatic hydroxyl groups excluding tert-OH is 1. The number of nitrogens with one attached hydrogen (secondary N) is 2. The molecule has 0 unspecified atom stereocenters. The number of hydrogen-bond donors (Lipinski definition) is 3. The van der Waals surface area contributed by atoms with Crippen LogP contribution in [0.2, 0.25) is 0 Å². The Bertz CT molecular complexity index is 708. The van der Waals surface area contributed by atoms with Crippen LogP contribution in [0.25, 0.3) is 0 Å². The Morgan fingerprint density at radius 2 is 1.92 bits per heavy atom. The van der Waals surface area contributed by atoms with Crippen molar-refractivity contribution in [1.29, 1.82) is 0 Å². The highest BCUT2D eigenvalue weighted by Crippen LogP contribution is 2.29. The van der Waals surface area contributed by atoms with Gasteiger partial charge in [0.15, 0.2) is 5.75 Å². The first-order valence-corrected chi connectivity index (χ1v) is 8.36. The van der Waals surface area contributed by atoms with Crippen LogP contribution in [0.3, 0.4) is 0 Å². The summed E-state index contributed by atoms with van der Waals surface area (Å²) in [5, 5.41) is 15.1. The maximum absolute atomic E-state index is 12.3. The molecule has 1 aliphatic rings. The Morgan fingerprint density at radius 1 is 1.20 bits per heavy atom. The van der Waals surface area contributed by atoms with Gasteiger partial charge < -0.3 is 20.5 Å². The second-order valence-electron chi connectivity index (χ2n) is 6.22. The lowest BCUT2D eigenvalue weighted by Crippen LogP contribution is -2.39. The zero-order chi connectivity index (χ0) is 17.6. The van der Waals surface area contributed by atoms with Crippen molar-refractivity contribution >= 4 is 11.7 Å². The summed E-state index contributed by atoms with van der Waals surface area (Å²) in [5.41, 5.74) is 0.605. The minimum Gasteiger partial charge on any atom is -0.455 e. The van der Waals surface area contributed by atoms with E-state index in [0.29, 0.717) is 17.2 Å². The highest BCUT2D eigenvalue weighted by atomic mass is 16.5. The molecule has 1 fully saturated rings. The van der Waals surface area contributed by atoms with E-state index < -0.39 is 0 Å². The van der Waals surface area contributed by atoms with Gasteiger partial charge >= 0.3 is 6.03 Å². The molecule has 0 aromatic heterocycles. The summed E-state index contributed by atoms with van der Waals surface area (Å²) in [6, 6.07) is 16.6. The molecule has 2 aromatic carbocycles. The first-order chi connectivity index (χ1) is 12.2. The van der Waals surface area contributed by atoms with Gasteiger partial charge in [-0.2, -0.15) is 0 Å². The molecule has 0 spiro atoms. The SMILES string of the molecule is CN1C[C@H](NC(=O)Nc2ccccc2Oc2ccccc2)C[C@H]1CO. The Labute approximate surface area is 147 Å². The second-order valence-corrected chi connectivity index (χ2v) is 6.22. The summed E-state index contributed by atoms with van der Waals surface area (Å²) in [4.78, 5) is 14.4. The van der Waals surface area contributed by atoms with E-state index in [0.717, 1.165) is 13.0 Å². The molecule has 132 valence electrons. The molecule has 1 heterocycles. The van der Waals surface area contributed by atoms with Gasteiger partial charge in [-0.05, 0) is 37.7 Å². The molecule has 0 bridgehead atoms. The number of anilines is 1. The molecule has 6 heteroatoms. The number of hydrogen-bond acceptors (Lipinski definition) is 4. The Morgan fingerprint density at radius 3 is 2.64 bits per heavy atom. The number of likely N-dealkylation sites (N-methyl/N-ethyl adjacent to an activating group) is 1. The number of urea groups is 1. The minimum atomic E-state index is -0.277. The Kier molecular flexibility index (Phi) is 5.53. The van der Waals surface area contributed by atoms with Crippen molar-refractivity contribution in [1.82, 2.24) is 10.2 Å². The third kappa shape index (κ3) is 4.49. The molecule has 2 aromatic rings. The predicted molar refractivity (Wildman–Crippen MR) is 97.0 cm³/mol. The molecule has 1 aliphatic heterocycles. The molecule has 0 saturated carbocycles. The molecule has 3 N–H and O–H groups in total. The number of benzene rings is 2. The van der Waals surface area contributed by atoms with Gasteiger partial charge in [0.1, 0.15) is 5.75 Å². The van der Waals surface area contributed by atoms with Gasteiger partial charge in [-0.15, -0.1) is 0 Å². The zero-order valence-corrected chi connectivity index (χ0v) is 14.2. The number of carbonyl (C=O) groups excluding carboxylic acids is 1. The lowest BCUT2D eigenvalue weighted by molar-refractivity contribution is 0.182. The number of likely N-dealkylation sites (tertiary alicyclic amines) is 1. The smallest absolute Gasteiger partial charge is 0.319 e. The van der Waals surface area contributed by atoms with E-state index in [1.54, 1.807) is 6.07 Å². The van der Waals surface area contributed by atoms with Gasteiger partial charge in [0.25, 0.3) is 0 Å². The zero-order valence-electron chi connectivity index (χ0n) is 14.2. The van der Waals surface area contributed by atoms with Crippen LogP contribution in [0, 0.1) is 0 Å². The van der Waals surface area contributed by atoms with Crippen molar-refractivity contribution in [3.8, 4) is 11.5 Å². The maximum Gasteiger partial charge on any atom is 0.319 e. The van der Waals surface area contributed by atoms with Crippen LogP contribution < -0.4 is 15.4 Å². The van der Waals surface area contributed by atoms with Gasteiger partial charge in [0.2, 0.25) is 0 Å². The number of para-hydroxylation sites is 3. The van der Waals surface area contributed by atoms with Gasteiger partial charge in [0, 0.05) is 18.6 Å². The van der Waals surface area contributed by atoms with E-state index in [4.69, 9.17) is 4.74 Å². The van der Waals surface area contributed by atoms with Crippen molar-refractivity contribution in [3.63, 3.8) is 0 Å². The van der Waals surface area contributed by atoms with Gasteiger partial charge in [-0.1, -0.05) is 30.3 Å². The number of carbonyl (C=O) groups is 1. The van der Waals surface area contributed by atoms with Crippen LogP contribution in [0.15, 0.2) is 54.6 Å².